The zero-order valence-corrected chi connectivity index (χ0v) is 12.7. The fourth-order valence-corrected chi connectivity index (χ4v) is 2.56. The number of hydrogen-bond donors (Lipinski definition) is 1. The molecule has 118 valence electrons. The van der Waals surface area contributed by atoms with Crippen molar-refractivity contribution in [1.29, 1.82) is 5.26 Å². The summed E-state index contributed by atoms with van der Waals surface area (Å²) in [6, 6.07) is 13.6. The zero-order valence-electron chi connectivity index (χ0n) is 12.7. The predicted molar refractivity (Wildman–Crippen MR) is 87.3 cm³/mol. The van der Waals surface area contributed by atoms with Crippen molar-refractivity contribution in [2.24, 2.45) is 0 Å². The first-order valence-electron chi connectivity index (χ1n) is 7.19. The van der Waals surface area contributed by atoms with Gasteiger partial charge >= 0.3 is 0 Å². The first-order valence-corrected chi connectivity index (χ1v) is 7.19. The van der Waals surface area contributed by atoms with Gasteiger partial charge in [0.2, 0.25) is 0 Å². The largest absolute Gasteiger partial charge is 0.321 e. The van der Waals surface area contributed by atoms with Gasteiger partial charge in [-0.2, -0.15) is 5.26 Å². The average molecular weight is 322 g/mol. The molecular weight excluding hydrogens is 310 g/mol. The SMILES string of the molecule is Cc1cccc(-c2cc(-c3cc(F)ccc3F)c(C#N)c(=O)[nH]2)c1. The van der Waals surface area contributed by atoms with Gasteiger partial charge in [0.15, 0.2) is 0 Å². The van der Waals surface area contributed by atoms with E-state index in [9.17, 15) is 18.8 Å². The van der Waals surface area contributed by atoms with Gasteiger partial charge in [0.05, 0.1) is 0 Å². The van der Waals surface area contributed by atoms with E-state index in [1.165, 1.54) is 6.07 Å². The minimum atomic E-state index is -0.700. The van der Waals surface area contributed by atoms with Crippen LogP contribution < -0.4 is 5.56 Å². The van der Waals surface area contributed by atoms with Crippen molar-refractivity contribution in [2.45, 2.75) is 6.92 Å². The van der Waals surface area contributed by atoms with E-state index in [4.69, 9.17) is 0 Å². The molecule has 0 aliphatic heterocycles. The van der Waals surface area contributed by atoms with Crippen molar-refractivity contribution >= 4 is 0 Å². The van der Waals surface area contributed by atoms with Crippen molar-refractivity contribution in [1.82, 2.24) is 4.98 Å². The van der Waals surface area contributed by atoms with Crippen molar-refractivity contribution in [3.63, 3.8) is 0 Å². The van der Waals surface area contributed by atoms with E-state index < -0.39 is 17.2 Å². The molecule has 5 heteroatoms. The second-order valence-corrected chi connectivity index (χ2v) is 5.41. The standard InChI is InChI=1S/C19H12F2N2O/c1-11-3-2-4-12(7-11)18-9-14(16(10-22)19(24)23-18)15-8-13(20)5-6-17(15)21/h2-9H,1H3,(H,23,24). The molecule has 1 N–H and O–H groups in total. The Morgan fingerprint density at radius 3 is 2.54 bits per heavy atom. The Labute approximate surface area is 136 Å². The summed E-state index contributed by atoms with van der Waals surface area (Å²) in [6.45, 7) is 1.90. The number of aryl methyl sites for hydroxylation is 1. The van der Waals surface area contributed by atoms with E-state index in [2.05, 4.69) is 4.98 Å². The van der Waals surface area contributed by atoms with E-state index in [0.717, 1.165) is 29.3 Å². The molecule has 3 nitrogen and oxygen atoms in total. The molecule has 3 rings (SSSR count). The monoisotopic (exact) mass is 322 g/mol. The number of nitriles is 1. The highest BCUT2D eigenvalue weighted by Crippen LogP contribution is 2.29. The smallest absolute Gasteiger partial charge is 0.266 e. The number of aromatic amines is 1. The van der Waals surface area contributed by atoms with Crippen LogP contribution in [0.15, 0.2) is 53.3 Å². The summed E-state index contributed by atoms with van der Waals surface area (Å²) < 4.78 is 27.6. The lowest BCUT2D eigenvalue weighted by Crippen LogP contribution is -2.13. The molecule has 0 saturated heterocycles. The van der Waals surface area contributed by atoms with Gasteiger partial charge in [0, 0.05) is 16.8 Å². The molecule has 0 unspecified atom stereocenters. The van der Waals surface area contributed by atoms with Crippen LogP contribution >= 0.6 is 0 Å². The average Bonchev–Trinajstić information content (AvgIpc) is 2.56. The van der Waals surface area contributed by atoms with Gasteiger partial charge in [-0.05, 0) is 42.8 Å². The molecule has 1 heterocycles. The number of hydrogen-bond acceptors (Lipinski definition) is 2. The van der Waals surface area contributed by atoms with Gasteiger partial charge in [0.1, 0.15) is 23.3 Å². The maximum absolute atomic E-state index is 14.1. The molecule has 2 aromatic carbocycles. The maximum Gasteiger partial charge on any atom is 0.266 e. The lowest BCUT2D eigenvalue weighted by Gasteiger charge is -2.09. The fourth-order valence-electron chi connectivity index (χ4n) is 2.56. The molecule has 0 fully saturated rings. The van der Waals surface area contributed by atoms with Gasteiger partial charge in [0.25, 0.3) is 5.56 Å². The van der Waals surface area contributed by atoms with Crippen molar-refractivity contribution in [2.75, 3.05) is 0 Å². The normalized spacial score (nSPS) is 10.4. The molecular formula is C19H12F2N2O. The number of halogens is 2. The van der Waals surface area contributed by atoms with E-state index in [0.29, 0.717) is 5.69 Å². The van der Waals surface area contributed by atoms with Crippen LogP contribution in [-0.2, 0) is 0 Å². The number of nitrogens with zero attached hydrogens (tertiary/aromatic N) is 1. The molecule has 0 bridgehead atoms. The van der Waals surface area contributed by atoms with Crippen molar-refractivity contribution in [3.8, 4) is 28.5 Å². The van der Waals surface area contributed by atoms with Crippen LogP contribution in [0.25, 0.3) is 22.4 Å². The van der Waals surface area contributed by atoms with E-state index >= 15 is 0 Å². The third kappa shape index (κ3) is 2.82. The van der Waals surface area contributed by atoms with Crippen LogP contribution in [0, 0.1) is 29.9 Å². The molecule has 0 spiro atoms. The summed E-state index contributed by atoms with van der Waals surface area (Å²) in [7, 11) is 0. The van der Waals surface area contributed by atoms with Crippen LogP contribution in [0.5, 0.6) is 0 Å². The Kier molecular flexibility index (Phi) is 3.97. The van der Waals surface area contributed by atoms with Crippen molar-refractivity contribution in [3.05, 3.63) is 81.6 Å². The second kappa shape index (κ2) is 6.09. The van der Waals surface area contributed by atoms with Crippen LogP contribution in [0.4, 0.5) is 8.78 Å². The summed E-state index contributed by atoms with van der Waals surface area (Å²) in [5.74, 6) is -1.35. The molecule has 0 radical (unpaired) electrons. The number of pyridine rings is 1. The molecule has 3 aromatic rings. The summed E-state index contributed by atoms with van der Waals surface area (Å²) in [5.41, 5.74) is 1.18. The van der Waals surface area contributed by atoms with Crippen LogP contribution in [0.1, 0.15) is 11.1 Å². The van der Waals surface area contributed by atoms with Gasteiger partial charge in [-0.15, -0.1) is 0 Å². The third-order valence-corrected chi connectivity index (χ3v) is 3.69. The number of nitrogens with one attached hydrogen (secondary N) is 1. The molecule has 24 heavy (non-hydrogen) atoms. The minimum absolute atomic E-state index is 0.0646. The Morgan fingerprint density at radius 1 is 1.04 bits per heavy atom. The summed E-state index contributed by atoms with van der Waals surface area (Å²) in [5, 5.41) is 9.24. The van der Waals surface area contributed by atoms with Crippen LogP contribution in [0.2, 0.25) is 0 Å². The minimum Gasteiger partial charge on any atom is -0.321 e. The highest BCUT2D eigenvalue weighted by Gasteiger charge is 2.16. The number of rotatable bonds is 2. The van der Waals surface area contributed by atoms with E-state index in [1.807, 2.05) is 25.1 Å². The first-order chi connectivity index (χ1) is 11.5. The zero-order chi connectivity index (χ0) is 17.3. The predicted octanol–water partition coefficient (Wildman–Crippen LogP) is 4.17. The highest BCUT2D eigenvalue weighted by molar-refractivity contribution is 5.75. The second-order valence-electron chi connectivity index (χ2n) is 5.41. The summed E-state index contributed by atoms with van der Waals surface area (Å²) >= 11 is 0. The lowest BCUT2D eigenvalue weighted by atomic mass is 9.98. The quantitative estimate of drug-likeness (QED) is 0.770. The number of benzene rings is 2. The van der Waals surface area contributed by atoms with Gasteiger partial charge < -0.3 is 4.98 Å². The number of aromatic nitrogens is 1. The molecule has 0 amide bonds. The summed E-state index contributed by atoms with van der Waals surface area (Å²) in [4.78, 5) is 14.8. The fraction of sp³-hybridized carbons (Fsp3) is 0.0526. The highest BCUT2D eigenvalue weighted by atomic mass is 19.1. The number of H-pyrrole nitrogens is 1. The summed E-state index contributed by atoms with van der Waals surface area (Å²) in [6.07, 6.45) is 0. The van der Waals surface area contributed by atoms with E-state index in [1.54, 1.807) is 12.1 Å². The molecule has 1 aromatic heterocycles. The molecule has 0 aliphatic rings. The third-order valence-electron chi connectivity index (χ3n) is 3.69. The van der Waals surface area contributed by atoms with E-state index in [-0.39, 0.29) is 16.7 Å². The maximum atomic E-state index is 14.1. The Hall–Kier alpha value is -3.26. The Bertz CT molecular complexity index is 1030. The van der Waals surface area contributed by atoms with Crippen LogP contribution in [-0.4, -0.2) is 4.98 Å². The van der Waals surface area contributed by atoms with Crippen LogP contribution in [0.3, 0.4) is 0 Å². The van der Waals surface area contributed by atoms with Gasteiger partial charge in [-0.1, -0.05) is 23.8 Å². The Balaban J connectivity index is 2.31. The first kappa shape index (κ1) is 15.6. The molecule has 0 aliphatic carbocycles. The Morgan fingerprint density at radius 2 is 1.83 bits per heavy atom. The molecule has 0 atom stereocenters. The molecule has 0 saturated carbocycles. The topological polar surface area (TPSA) is 56.6 Å². The van der Waals surface area contributed by atoms with Gasteiger partial charge in [-0.3, -0.25) is 4.79 Å². The lowest BCUT2D eigenvalue weighted by molar-refractivity contribution is 0.603. The van der Waals surface area contributed by atoms with Crippen molar-refractivity contribution < 1.29 is 8.78 Å². The van der Waals surface area contributed by atoms with Gasteiger partial charge in [-0.25, -0.2) is 8.78 Å².